The third-order valence-corrected chi connectivity index (χ3v) is 5.63. The van der Waals surface area contributed by atoms with Crippen LogP contribution in [0.5, 0.6) is 0 Å². The summed E-state index contributed by atoms with van der Waals surface area (Å²) in [4.78, 5) is 2.31. The molecule has 2 atom stereocenters. The maximum Gasteiger partial charge on any atom is 0.135 e. The van der Waals surface area contributed by atoms with Gasteiger partial charge in [-0.05, 0) is 38.0 Å². The zero-order chi connectivity index (χ0) is 20.7. The van der Waals surface area contributed by atoms with Gasteiger partial charge in [0.05, 0.1) is 18.3 Å². The molecular formula is C21H24F2N4O2. The van der Waals surface area contributed by atoms with Crippen molar-refractivity contribution in [3.8, 4) is 11.3 Å². The van der Waals surface area contributed by atoms with Crippen molar-refractivity contribution in [3.63, 3.8) is 0 Å². The molecule has 0 amide bonds. The molecule has 0 bridgehead atoms. The standard InChI is InChI=1S/C21H24F2N4O2/c1-12-8-26(9-15-6-13(2)29-14(15)3)10-19(12)27-20(11-28)21(24-25-27)17-5-4-16(22)7-18(17)23/h4-7,12,19,28H,8-11H2,1-3H3/t12-,19-/m1/s1. The van der Waals surface area contributed by atoms with Gasteiger partial charge < -0.3 is 9.52 Å². The highest BCUT2D eigenvalue weighted by atomic mass is 19.1. The minimum absolute atomic E-state index is 0.00443. The van der Waals surface area contributed by atoms with Gasteiger partial charge in [-0.3, -0.25) is 4.90 Å². The SMILES string of the molecule is Cc1cc(CN2C[C@@H](C)[C@H](n3nnc(-c4ccc(F)cc4F)c3CO)C2)c(C)o1. The van der Waals surface area contributed by atoms with Gasteiger partial charge in [-0.2, -0.15) is 0 Å². The fraction of sp³-hybridized carbons (Fsp3) is 0.429. The molecule has 1 fully saturated rings. The Kier molecular flexibility index (Phi) is 5.23. The van der Waals surface area contributed by atoms with E-state index >= 15 is 0 Å². The number of hydrogen-bond donors (Lipinski definition) is 1. The monoisotopic (exact) mass is 402 g/mol. The molecule has 29 heavy (non-hydrogen) atoms. The Morgan fingerprint density at radius 2 is 2.00 bits per heavy atom. The van der Waals surface area contributed by atoms with E-state index in [1.54, 1.807) is 4.68 Å². The van der Waals surface area contributed by atoms with Gasteiger partial charge in [0.2, 0.25) is 0 Å². The Balaban J connectivity index is 1.60. The number of aryl methyl sites for hydroxylation is 2. The number of nitrogens with zero attached hydrogens (tertiary/aromatic N) is 4. The molecule has 0 saturated carbocycles. The van der Waals surface area contributed by atoms with E-state index in [1.807, 2.05) is 13.8 Å². The van der Waals surface area contributed by atoms with Crippen molar-refractivity contribution in [3.05, 3.63) is 58.7 Å². The molecule has 3 aromatic rings. The molecular weight excluding hydrogens is 378 g/mol. The summed E-state index contributed by atoms with van der Waals surface area (Å²) in [6.07, 6.45) is 0. The minimum atomic E-state index is -0.723. The molecule has 1 aliphatic rings. The zero-order valence-corrected chi connectivity index (χ0v) is 16.7. The fourth-order valence-corrected chi connectivity index (χ4v) is 4.19. The Hall–Kier alpha value is -2.58. The van der Waals surface area contributed by atoms with Gasteiger partial charge in [-0.15, -0.1) is 5.10 Å². The fourth-order valence-electron chi connectivity index (χ4n) is 4.19. The first-order valence-corrected chi connectivity index (χ1v) is 9.66. The molecule has 0 spiro atoms. The van der Waals surface area contributed by atoms with E-state index in [0.717, 1.165) is 42.8 Å². The van der Waals surface area contributed by atoms with Crippen molar-refractivity contribution >= 4 is 0 Å². The van der Waals surface area contributed by atoms with Crippen molar-refractivity contribution in [2.75, 3.05) is 13.1 Å². The van der Waals surface area contributed by atoms with Gasteiger partial charge in [0.25, 0.3) is 0 Å². The first-order chi connectivity index (χ1) is 13.9. The number of halogens is 2. The van der Waals surface area contributed by atoms with Crippen LogP contribution in [0.2, 0.25) is 0 Å². The van der Waals surface area contributed by atoms with Crippen LogP contribution >= 0.6 is 0 Å². The smallest absolute Gasteiger partial charge is 0.135 e. The number of rotatable bonds is 5. The van der Waals surface area contributed by atoms with Crippen LogP contribution in [0.1, 0.15) is 35.7 Å². The van der Waals surface area contributed by atoms with Gasteiger partial charge in [0, 0.05) is 36.8 Å². The van der Waals surface area contributed by atoms with Crippen LogP contribution in [0.15, 0.2) is 28.7 Å². The number of aliphatic hydroxyl groups is 1. The number of furan rings is 1. The highest BCUT2D eigenvalue weighted by Gasteiger charge is 2.34. The van der Waals surface area contributed by atoms with Crippen molar-refractivity contribution in [2.45, 2.75) is 40.0 Å². The summed E-state index contributed by atoms with van der Waals surface area (Å²) in [7, 11) is 0. The summed E-state index contributed by atoms with van der Waals surface area (Å²) in [6, 6.07) is 5.36. The lowest BCUT2D eigenvalue weighted by Crippen LogP contribution is -2.22. The van der Waals surface area contributed by atoms with Gasteiger partial charge in [-0.1, -0.05) is 12.1 Å². The van der Waals surface area contributed by atoms with Gasteiger partial charge in [0.15, 0.2) is 0 Å². The summed E-state index contributed by atoms with van der Waals surface area (Å²) in [5.41, 5.74) is 1.97. The second-order valence-corrected chi connectivity index (χ2v) is 7.79. The molecule has 1 saturated heterocycles. The Bertz CT molecular complexity index is 1030. The Morgan fingerprint density at radius 3 is 2.66 bits per heavy atom. The molecule has 154 valence electrons. The maximum atomic E-state index is 14.2. The highest BCUT2D eigenvalue weighted by Crippen LogP contribution is 2.33. The zero-order valence-electron chi connectivity index (χ0n) is 16.7. The average molecular weight is 402 g/mol. The molecule has 6 nitrogen and oxygen atoms in total. The number of aliphatic hydroxyl groups excluding tert-OH is 1. The lowest BCUT2D eigenvalue weighted by molar-refractivity contribution is 0.254. The molecule has 0 unspecified atom stereocenters. The molecule has 3 heterocycles. The van der Waals surface area contributed by atoms with Crippen LogP contribution in [0.4, 0.5) is 8.78 Å². The molecule has 2 aromatic heterocycles. The summed E-state index contributed by atoms with van der Waals surface area (Å²) in [6.45, 7) is 8.05. The molecule has 0 aliphatic carbocycles. The Morgan fingerprint density at radius 1 is 1.21 bits per heavy atom. The topological polar surface area (TPSA) is 67.3 Å². The van der Waals surface area contributed by atoms with Crippen molar-refractivity contribution < 1.29 is 18.3 Å². The second kappa shape index (κ2) is 7.68. The van der Waals surface area contributed by atoms with Crippen LogP contribution < -0.4 is 0 Å². The molecule has 1 N–H and O–H groups in total. The average Bonchev–Trinajstić information content (AvgIpc) is 3.32. The molecule has 1 aromatic carbocycles. The highest BCUT2D eigenvalue weighted by molar-refractivity contribution is 5.62. The molecule has 0 radical (unpaired) electrons. The van der Waals surface area contributed by atoms with Gasteiger partial charge in [0.1, 0.15) is 28.8 Å². The number of benzene rings is 1. The lowest BCUT2D eigenvalue weighted by Gasteiger charge is -2.17. The van der Waals surface area contributed by atoms with Gasteiger partial charge in [-0.25, -0.2) is 13.5 Å². The van der Waals surface area contributed by atoms with Crippen LogP contribution in [0, 0.1) is 31.4 Å². The predicted molar refractivity (Wildman–Crippen MR) is 103 cm³/mol. The van der Waals surface area contributed by atoms with Crippen molar-refractivity contribution in [1.82, 2.24) is 19.9 Å². The number of aromatic nitrogens is 3. The van der Waals surface area contributed by atoms with E-state index in [4.69, 9.17) is 4.42 Å². The van der Waals surface area contributed by atoms with Crippen molar-refractivity contribution in [2.24, 2.45) is 5.92 Å². The quantitative estimate of drug-likeness (QED) is 0.706. The normalized spacial score (nSPS) is 19.9. The largest absolute Gasteiger partial charge is 0.466 e. The van der Waals surface area contributed by atoms with Crippen molar-refractivity contribution in [1.29, 1.82) is 0 Å². The Labute approximate surface area is 167 Å². The number of hydrogen-bond acceptors (Lipinski definition) is 5. The van der Waals surface area contributed by atoms with Crippen LogP contribution in [0.3, 0.4) is 0 Å². The molecule has 1 aliphatic heterocycles. The summed E-state index contributed by atoms with van der Waals surface area (Å²) < 4.78 is 34.8. The summed E-state index contributed by atoms with van der Waals surface area (Å²) >= 11 is 0. The van der Waals surface area contributed by atoms with Gasteiger partial charge >= 0.3 is 0 Å². The summed E-state index contributed by atoms with van der Waals surface area (Å²) in [5, 5.41) is 18.3. The van der Waals surface area contributed by atoms with E-state index in [2.05, 4.69) is 28.2 Å². The second-order valence-electron chi connectivity index (χ2n) is 7.79. The van der Waals surface area contributed by atoms with E-state index in [1.165, 1.54) is 12.1 Å². The van der Waals surface area contributed by atoms with Crippen LogP contribution in [0.25, 0.3) is 11.3 Å². The first kappa shape index (κ1) is 19.7. The van der Waals surface area contributed by atoms with E-state index in [9.17, 15) is 13.9 Å². The van der Waals surface area contributed by atoms with E-state index in [0.29, 0.717) is 5.69 Å². The van der Waals surface area contributed by atoms with E-state index < -0.39 is 11.6 Å². The van der Waals surface area contributed by atoms with Crippen LogP contribution in [-0.2, 0) is 13.2 Å². The van der Waals surface area contributed by atoms with E-state index in [-0.39, 0.29) is 29.8 Å². The molecule has 4 rings (SSSR count). The minimum Gasteiger partial charge on any atom is -0.466 e. The third kappa shape index (κ3) is 3.70. The third-order valence-electron chi connectivity index (χ3n) is 5.63. The summed E-state index contributed by atoms with van der Waals surface area (Å²) in [5.74, 6) is 0.699. The first-order valence-electron chi connectivity index (χ1n) is 9.66. The predicted octanol–water partition coefficient (Wildman–Crippen LogP) is 3.62. The number of likely N-dealkylation sites (tertiary alicyclic amines) is 1. The maximum absolute atomic E-state index is 14.2. The lowest BCUT2D eigenvalue weighted by atomic mass is 10.1. The van der Waals surface area contributed by atoms with Crippen LogP contribution in [-0.4, -0.2) is 38.1 Å². The molecule has 8 heteroatoms.